The number of hydrogen-bond acceptors (Lipinski definition) is 7. The number of anilines is 1. The van der Waals surface area contributed by atoms with Gasteiger partial charge in [-0.2, -0.15) is 5.26 Å². The maximum absolute atomic E-state index is 13.5. The smallest absolute Gasteiger partial charge is 0.267 e. The second kappa shape index (κ2) is 8.78. The molecule has 0 bridgehead atoms. The normalized spacial score (nSPS) is 11.1. The number of thioether (sulfide) groups is 1. The summed E-state index contributed by atoms with van der Waals surface area (Å²) in [5.41, 5.74) is 3.58. The molecule has 0 aliphatic rings. The van der Waals surface area contributed by atoms with Crippen LogP contribution in [0, 0.1) is 25.2 Å². The van der Waals surface area contributed by atoms with Gasteiger partial charge in [0, 0.05) is 0 Å². The highest BCUT2D eigenvalue weighted by Crippen LogP contribution is 2.26. The molecule has 8 nitrogen and oxygen atoms in total. The number of nitriles is 1. The molecule has 5 aromatic rings. The Labute approximate surface area is 202 Å². The zero-order chi connectivity index (χ0) is 23.8. The Kier molecular flexibility index (Phi) is 5.65. The number of nitrogens with zero attached hydrogens (tertiary/aromatic N) is 5. The van der Waals surface area contributed by atoms with Crippen LogP contribution in [-0.2, 0) is 4.79 Å². The number of amides is 1. The van der Waals surface area contributed by atoms with E-state index in [0.717, 1.165) is 16.8 Å². The van der Waals surface area contributed by atoms with E-state index in [0.29, 0.717) is 32.4 Å². The molecule has 0 radical (unpaired) electrons. The Balaban J connectivity index is 1.60. The molecule has 0 aliphatic heterocycles. The van der Waals surface area contributed by atoms with E-state index >= 15 is 0 Å². The second-order valence-electron chi connectivity index (χ2n) is 7.63. The fourth-order valence-electron chi connectivity index (χ4n) is 3.92. The minimum atomic E-state index is -0.256. The van der Waals surface area contributed by atoms with Crippen LogP contribution in [0.4, 0.5) is 5.00 Å². The second-order valence-corrected chi connectivity index (χ2v) is 9.49. The summed E-state index contributed by atoms with van der Waals surface area (Å²) in [5.74, 6) is 0.197. The molecule has 168 valence electrons. The van der Waals surface area contributed by atoms with Gasteiger partial charge < -0.3 is 5.32 Å². The number of thiophene rings is 1. The Morgan fingerprint density at radius 1 is 1.12 bits per heavy atom. The van der Waals surface area contributed by atoms with Crippen LogP contribution in [-0.4, -0.2) is 30.8 Å². The maximum atomic E-state index is 13.5. The van der Waals surface area contributed by atoms with E-state index in [9.17, 15) is 9.59 Å². The molecule has 0 saturated carbocycles. The Hall–Kier alpha value is -3.94. The third kappa shape index (κ3) is 3.65. The van der Waals surface area contributed by atoms with Crippen molar-refractivity contribution in [2.75, 3.05) is 11.1 Å². The summed E-state index contributed by atoms with van der Waals surface area (Å²) in [6, 6.07) is 16.9. The third-order valence-electron chi connectivity index (χ3n) is 5.43. The number of fused-ring (bicyclic) bond motifs is 3. The number of aryl methyl sites for hydroxylation is 2. The van der Waals surface area contributed by atoms with E-state index in [-0.39, 0.29) is 17.2 Å². The summed E-state index contributed by atoms with van der Waals surface area (Å²) >= 11 is 2.52. The van der Waals surface area contributed by atoms with Crippen LogP contribution in [0.5, 0.6) is 0 Å². The average Bonchev–Trinajstić information content (AvgIpc) is 3.46. The van der Waals surface area contributed by atoms with Gasteiger partial charge in [0.25, 0.3) is 5.56 Å². The topological polar surface area (TPSA) is 105 Å². The summed E-state index contributed by atoms with van der Waals surface area (Å²) in [6.07, 6.45) is 0. The summed E-state index contributed by atoms with van der Waals surface area (Å²) in [7, 11) is 0. The number of rotatable bonds is 5. The van der Waals surface area contributed by atoms with Crippen molar-refractivity contribution in [2.45, 2.75) is 19.0 Å². The Morgan fingerprint density at radius 3 is 2.65 bits per heavy atom. The Morgan fingerprint density at radius 2 is 1.88 bits per heavy atom. The molecule has 0 aliphatic carbocycles. The molecule has 0 spiro atoms. The third-order valence-corrected chi connectivity index (χ3v) is 7.19. The lowest BCUT2D eigenvalue weighted by Gasteiger charge is -2.15. The Bertz CT molecular complexity index is 1650. The predicted molar refractivity (Wildman–Crippen MR) is 134 cm³/mol. The van der Waals surface area contributed by atoms with Crippen molar-refractivity contribution < 1.29 is 4.79 Å². The lowest BCUT2D eigenvalue weighted by molar-refractivity contribution is -0.113. The van der Waals surface area contributed by atoms with Gasteiger partial charge in [-0.05, 0) is 48.6 Å². The number of benzene rings is 2. The summed E-state index contributed by atoms with van der Waals surface area (Å²) in [4.78, 5) is 26.1. The largest absolute Gasteiger partial charge is 0.316 e. The average molecular weight is 487 g/mol. The van der Waals surface area contributed by atoms with E-state index in [1.807, 2.05) is 54.6 Å². The number of carbonyl (C=O) groups excluding carboxylic acids is 1. The van der Waals surface area contributed by atoms with Crippen molar-refractivity contribution in [2.24, 2.45) is 0 Å². The highest BCUT2D eigenvalue weighted by molar-refractivity contribution is 7.99. The zero-order valence-corrected chi connectivity index (χ0v) is 19.9. The van der Waals surface area contributed by atoms with Crippen LogP contribution in [0.2, 0.25) is 0 Å². The fraction of sp³-hybridized carbons (Fsp3) is 0.125. The minimum Gasteiger partial charge on any atom is -0.316 e. The van der Waals surface area contributed by atoms with Gasteiger partial charge in [-0.1, -0.05) is 42.1 Å². The molecular weight excluding hydrogens is 468 g/mol. The molecule has 2 aromatic carbocycles. The number of aromatic nitrogens is 4. The molecule has 34 heavy (non-hydrogen) atoms. The van der Waals surface area contributed by atoms with E-state index in [2.05, 4.69) is 21.6 Å². The first-order valence-electron chi connectivity index (χ1n) is 10.4. The lowest BCUT2D eigenvalue weighted by Crippen LogP contribution is -2.23. The standard InChI is InChI=1S/C24H18N6O2S2/c1-14-6-5-7-15(2)20(14)30-22(32)17-8-3-4-9-18(17)29-23(30)27-28-24(29)34-13-19(31)26-21-16(12-25)10-11-33-21/h3-11H,13H2,1-2H3,(H,26,31). The molecule has 1 N–H and O–H groups in total. The van der Waals surface area contributed by atoms with Crippen molar-refractivity contribution in [1.82, 2.24) is 19.2 Å². The molecule has 10 heteroatoms. The summed E-state index contributed by atoms with van der Waals surface area (Å²) < 4.78 is 3.40. The van der Waals surface area contributed by atoms with Gasteiger partial charge in [0.05, 0.1) is 27.9 Å². The molecule has 0 fully saturated rings. The quantitative estimate of drug-likeness (QED) is 0.371. The first-order valence-corrected chi connectivity index (χ1v) is 12.2. The monoisotopic (exact) mass is 486 g/mol. The van der Waals surface area contributed by atoms with Crippen molar-refractivity contribution in [3.05, 3.63) is 81.0 Å². The lowest BCUT2D eigenvalue weighted by atomic mass is 10.1. The molecule has 3 heterocycles. The van der Waals surface area contributed by atoms with Crippen molar-refractivity contribution in [3.8, 4) is 11.8 Å². The van der Waals surface area contributed by atoms with Gasteiger partial charge in [-0.15, -0.1) is 21.5 Å². The van der Waals surface area contributed by atoms with Gasteiger partial charge in [0.2, 0.25) is 11.7 Å². The number of nitrogens with one attached hydrogen (secondary N) is 1. The first-order chi connectivity index (χ1) is 16.5. The van der Waals surface area contributed by atoms with E-state index in [1.165, 1.54) is 23.1 Å². The van der Waals surface area contributed by atoms with Crippen LogP contribution >= 0.6 is 23.1 Å². The van der Waals surface area contributed by atoms with E-state index in [4.69, 9.17) is 5.26 Å². The fourth-order valence-corrected chi connectivity index (χ4v) is 5.41. The maximum Gasteiger partial charge on any atom is 0.267 e. The molecule has 1 amide bonds. The van der Waals surface area contributed by atoms with E-state index < -0.39 is 0 Å². The SMILES string of the molecule is Cc1cccc(C)c1-n1c(=O)c2ccccc2n2c(SCC(=O)Nc3sccc3C#N)nnc12. The van der Waals surface area contributed by atoms with Crippen molar-refractivity contribution in [3.63, 3.8) is 0 Å². The predicted octanol–water partition coefficient (Wildman–Crippen LogP) is 4.31. The van der Waals surface area contributed by atoms with Gasteiger partial charge in [-0.3, -0.25) is 14.0 Å². The van der Waals surface area contributed by atoms with Crippen LogP contribution in [0.1, 0.15) is 16.7 Å². The highest BCUT2D eigenvalue weighted by atomic mass is 32.2. The molecule has 0 unspecified atom stereocenters. The highest BCUT2D eigenvalue weighted by Gasteiger charge is 2.20. The van der Waals surface area contributed by atoms with E-state index in [1.54, 1.807) is 22.1 Å². The van der Waals surface area contributed by atoms with Crippen LogP contribution in [0.15, 0.2) is 63.9 Å². The molecular formula is C24H18N6O2S2. The van der Waals surface area contributed by atoms with Crippen LogP contribution < -0.4 is 10.9 Å². The zero-order valence-electron chi connectivity index (χ0n) is 18.3. The van der Waals surface area contributed by atoms with Gasteiger partial charge in [-0.25, -0.2) is 4.57 Å². The molecule has 5 rings (SSSR count). The molecule has 0 saturated heterocycles. The molecule has 3 aromatic heterocycles. The summed E-state index contributed by atoms with van der Waals surface area (Å²) in [6.45, 7) is 3.91. The number of carbonyl (C=O) groups is 1. The number of hydrogen-bond donors (Lipinski definition) is 1. The van der Waals surface area contributed by atoms with Crippen LogP contribution in [0.25, 0.3) is 22.4 Å². The minimum absolute atomic E-state index is 0.0698. The van der Waals surface area contributed by atoms with Crippen molar-refractivity contribution in [1.29, 1.82) is 5.26 Å². The van der Waals surface area contributed by atoms with Gasteiger partial charge in [0.1, 0.15) is 11.1 Å². The van der Waals surface area contributed by atoms with Crippen molar-refractivity contribution >= 4 is 50.7 Å². The number of para-hydroxylation sites is 2. The summed E-state index contributed by atoms with van der Waals surface area (Å²) in [5, 5.41) is 23.9. The van der Waals surface area contributed by atoms with Gasteiger partial charge >= 0.3 is 0 Å². The molecule has 0 atom stereocenters. The van der Waals surface area contributed by atoms with Gasteiger partial charge in [0.15, 0.2) is 5.16 Å². The first kappa shape index (κ1) is 21.9. The van der Waals surface area contributed by atoms with Crippen LogP contribution in [0.3, 0.4) is 0 Å².